The van der Waals surface area contributed by atoms with Gasteiger partial charge in [-0.2, -0.15) is 4.99 Å². The Morgan fingerprint density at radius 2 is 2.29 bits per heavy atom. The van der Waals surface area contributed by atoms with Gasteiger partial charge in [-0.1, -0.05) is 0 Å². The number of nitrogens with zero attached hydrogens (tertiary/aromatic N) is 2. The van der Waals surface area contributed by atoms with Crippen LogP contribution in [0.4, 0.5) is 4.79 Å². The van der Waals surface area contributed by atoms with Crippen molar-refractivity contribution in [2.45, 2.75) is 32.4 Å². The fraction of sp³-hybridized carbons (Fsp3) is 0.778. The second-order valence-corrected chi connectivity index (χ2v) is 3.55. The molecule has 0 aromatic rings. The fourth-order valence-electron chi connectivity index (χ4n) is 1.73. The Morgan fingerprint density at radius 3 is 2.71 bits per heavy atom. The summed E-state index contributed by atoms with van der Waals surface area (Å²) in [6.07, 6.45) is -0.169. The monoisotopic (exact) mass is 199 g/mol. The lowest BCUT2D eigenvalue weighted by Gasteiger charge is -2.37. The molecule has 0 spiro atoms. The number of carbonyl (C=O) groups is 1. The first-order valence-electron chi connectivity index (χ1n) is 4.67. The maximum absolute atomic E-state index is 11.5. The lowest BCUT2D eigenvalue weighted by molar-refractivity contribution is 0.0275. The number of rotatable bonds is 3. The molecule has 0 radical (unpaired) electrons. The number of methoxy groups -OCH3 is 1. The molecule has 0 aromatic carbocycles. The first-order chi connectivity index (χ1) is 6.48. The second-order valence-electron chi connectivity index (χ2n) is 3.55. The number of ether oxygens (including phenoxy) is 1. The number of likely N-dealkylation sites (N-methyl/N-ethyl adjacent to an activating group) is 1. The van der Waals surface area contributed by atoms with Gasteiger partial charge in [-0.3, -0.25) is 0 Å². The number of hydrogen-bond donors (Lipinski definition) is 1. The Labute approximate surface area is 83.9 Å². The van der Waals surface area contributed by atoms with Gasteiger partial charge in [-0.05, 0) is 20.8 Å². The van der Waals surface area contributed by atoms with Crippen molar-refractivity contribution in [1.29, 1.82) is 0 Å². The van der Waals surface area contributed by atoms with E-state index in [0.29, 0.717) is 12.4 Å². The van der Waals surface area contributed by atoms with Crippen LogP contribution in [0.25, 0.3) is 0 Å². The zero-order valence-corrected chi connectivity index (χ0v) is 9.07. The highest BCUT2D eigenvalue weighted by molar-refractivity contribution is 6.05. The third-order valence-electron chi connectivity index (χ3n) is 2.99. The van der Waals surface area contributed by atoms with Crippen molar-refractivity contribution in [3.63, 3.8) is 0 Å². The van der Waals surface area contributed by atoms with Gasteiger partial charge in [0.1, 0.15) is 11.4 Å². The summed E-state index contributed by atoms with van der Waals surface area (Å²) < 4.78 is 5.23. The van der Waals surface area contributed by atoms with Gasteiger partial charge in [0.2, 0.25) is 0 Å². The van der Waals surface area contributed by atoms with Crippen LogP contribution in [-0.2, 0) is 4.74 Å². The largest absolute Gasteiger partial charge is 0.385 e. The highest BCUT2D eigenvalue weighted by Crippen LogP contribution is 2.27. The van der Waals surface area contributed by atoms with Crippen molar-refractivity contribution in [2.75, 3.05) is 13.7 Å². The molecule has 0 fully saturated rings. The van der Waals surface area contributed by atoms with Crippen LogP contribution in [-0.4, -0.2) is 42.1 Å². The summed E-state index contributed by atoms with van der Waals surface area (Å²) in [5.74, 6) is 0.332. The number of aliphatic imine (C=N–C) groups is 1. The third-order valence-corrected chi connectivity index (χ3v) is 2.99. The highest BCUT2D eigenvalue weighted by atomic mass is 16.5. The molecule has 2 amide bonds. The van der Waals surface area contributed by atoms with Crippen LogP contribution < -0.4 is 5.73 Å². The summed E-state index contributed by atoms with van der Waals surface area (Å²) in [5, 5.41) is 0. The van der Waals surface area contributed by atoms with E-state index in [0.717, 1.165) is 0 Å². The summed E-state index contributed by atoms with van der Waals surface area (Å²) in [5.41, 5.74) is 5.14. The second kappa shape index (κ2) is 3.57. The van der Waals surface area contributed by atoms with Crippen LogP contribution in [0.1, 0.15) is 20.8 Å². The molecule has 5 heteroatoms. The van der Waals surface area contributed by atoms with Gasteiger partial charge < -0.3 is 15.4 Å². The normalized spacial score (nSPS) is 29.3. The van der Waals surface area contributed by atoms with Crippen molar-refractivity contribution in [1.82, 2.24) is 4.90 Å². The van der Waals surface area contributed by atoms with Gasteiger partial charge in [0.25, 0.3) is 0 Å². The SMILES string of the molecule is CCN1C(=O)N=C(N)C1(C)C(C)OC. The number of hydrogen-bond acceptors (Lipinski definition) is 3. The van der Waals surface area contributed by atoms with Gasteiger partial charge in [0, 0.05) is 13.7 Å². The number of nitrogens with two attached hydrogens (primary N) is 1. The van der Waals surface area contributed by atoms with Crippen molar-refractivity contribution in [3.8, 4) is 0 Å². The molecule has 14 heavy (non-hydrogen) atoms. The van der Waals surface area contributed by atoms with Crippen LogP contribution in [0.2, 0.25) is 0 Å². The molecular weight excluding hydrogens is 182 g/mol. The summed E-state index contributed by atoms with van der Waals surface area (Å²) in [4.78, 5) is 16.8. The Hall–Kier alpha value is -1.10. The third kappa shape index (κ3) is 1.28. The smallest absolute Gasteiger partial charge is 0.346 e. The predicted octanol–water partition coefficient (Wildman–Crippen LogP) is 0.593. The Balaban J connectivity index is 3.06. The predicted molar refractivity (Wildman–Crippen MR) is 54.3 cm³/mol. The molecule has 0 aromatic heterocycles. The molecule has 0 saturated heterocycles. The average molecular weight is 199 g/mol. The van der Waals surface area contributed by atoms with Crippen LogP contribution in [0.5, 0.6) is 0 Å². The maximum Gasteiger partial charge on any atom is 0.346 e. The average Bonchev–Trinajstić information content (AvgIpc) is 2.37. The Morgan fingerprint density at radius 1 is 1.71 bits per heavy atom. The lowest BCUT2D eigenvalue weighted by Crippen LogP contribution is -2.59. The zero-order chi connectivity index (χ0) is 10.9. The molecule has 1 rings (SSSR count). The summed E-state index contributed by atoms with van der Waals surface area (Å²) in [6.45, 7) is 6.22. The van der Waals surface area contributed by atoms with Crippen molar-refractivity contribution in [2.24, 2.45) is 10.7 Å². The number of amides is 2. The van der Waals surface area contributed by atoms with E-state index in [9.17, 15) is 4.79 Å². The quantitative estimate of drug-likeness (QED) is 0.723. The number of urea groups is 1. The van der Waals surface area contributed by atoms with Crippen molar-refractivity contribution in [3.05, 3.63) is 0 Å². The Kier molecular flexibility index (Phi) is 2.80. The molecule has 2 atom stereocenters. The standard InChI is InChI=1S/C9H17N3O2/c1-5-12-8(13)11-7(10)9(12,3)6(2)14-4/h6H,5H2,1-4H3,(H2,10,11,13). The summed E-state index contributed by atoms with van der Waals surface area (Å²) >= 11 is 0. The number of amidine groups is 1. The topological polar surface area (TPSA) is 67.9 Å². The van der Waals surface area contributed by atoms with Crippen LogP contribution >= 0.6 is 0 Å². The van der Waals surface area contributed by atoms with E-state index < -0.39 is 5.54 Å². The van der Waals surface area contributed by atoms with E-state index >= 15 is 0 Å². The van der Waals surface area contributed by atoms with Crippen LogP contribution in [0.15, 0.2) is 4.99 Å². The Bertz CT molecular complexity index is 277. The molecule has 5 nitrogen and oxygen atoms in total. The molecule has 1 aliphatic heterocycles. The summed E-state index contributed by atoms with van der Waals surface area (Å²) in [7, 11) is 1.60. The lowest BCUT2D eigenvalue weighted by atomic mass is 9.93. The fourth-order valence-corrected chi connectivity index (χ4v) is 1.73. The first-order valence-corrected chi connectivity index (χ1v) is 4.67. The van der Waals surface area contributed by atoms with E-state index in [1.165, 1.54) is 0 Å². The van der Waals surface area contributed by atoms with Gasteiger partial charge in [-0.15, -0.1) is 0 Å². The van der Waals surface area contributed by atoms with Crippen LogP contribution in [0, 0.1) is 0 Å². The van der Waals surface area contributed by atoms with E-state index in [2.05, 4.69) is 4.99 Å². The van der Waals surface area contributed by atoms with E-state index in [1.54, 1.807) is 12.0 Å². The summed E-state index contributed by atoms with van der Waals surface area (Å²) in [6, 6.07) is -0.281. The molecular formula is C9H17N3O2. The molecule has 2 unspecified atom stereocenters. The highest BCUT2D eigenvalue weighted by Gasteiger charge is 2.48. The van der Waals surface area contributed by atoms with Crippen molar-refractivity contribution >= 4 is 11.9 Å². The minimum absolute atomic E-state index is 0.169. The first kappa shape index (κ1) is 11.0. The molecule has 80 valence electrons. The molecule has 1 heterocycles. The van der Waals surface area contributed by atoms with E-state index in [4.69, 9.17) is 10.5 Å². The van der Waals surface area contributed by atoms with Gasteiger partial charge in [0.05, 0.1) is 6.10 Å². The molecule has 2 N–H and O–H groups in total. The van der Waals surface area contributed by atoms with Crippen LogP contribution in [0.3, 0.4) is 0 Å². The zero-order valence-electron chi connectivity index (χ0n) is 9.07. The van der Waals surface area contributed by atoms with E-state index in [-0.39, 0.29) is 12.1 Å². The molecule has 0 saturated carbocycles. The molecule has 1 aliphatic rings. The molecule has 0 bridgehead atoms. The van der Waals surface area contributed by atoms with E-state index in [1.807, 2.05) is 20.8 Å². The van der Waals surface area contributed by atoms with Gasteiger partial charge in [0.15, 0.2) is 0 Å². The maximum atomic E-state index is 11.5. The molecule has 0 aliphatic carbocycles. The van der Waals surface area contributed by atoms with Gasteiger partial charge in [-0.25, -0.2) is 4.79 Å². The van der Waals surface area contributed by atoms with Crippen molar-refractivity contribution < 1.29 is 9.53 Å². The number of carbonyl (C=O) groups excluding carboxylic acids is 1. The minimum atomic E-state index is -0.611. The van der Waals surface area contributed by atoms with Gasteiger partial charge >= 0.3 is 6.03 Å². The minimum Gasteiger partial charge on any atom is -0.385 e.